The van der Waals surface area contributed by atoms with Gasteiger partial charge in [-0.3, -0.25) is 0 Å². The second-order valence-corrected chi connectivity index (χ2v) is 6.26. The van der Waals surface area contributed by atoms with E-state index in [1.165, 1.54) is 0 Å². The third-order valence-corrected chi connectivity index (χ3v) is 4.64. The van der Waals surface area contributed by atoms with Crippen LogP contribution in [0.15, 0.2) is 0 Å². The van der Waals surface area contributed by atoms with Gasteiger partial charge in [0.05, 0.1) is 11.5 Å². The molecule has 0 aromatic carbocycles. The van der Waals surface area contributed by atoms with Crippen LogP contribution in [-0.4, -0.2) is 45.6 Å². The lowest BCUT2D eigenvalue weighted by atomic mass is 10.1. The van der Waals surface area contributed by atoms with Gasteiger partial charge in [-0.15, -0.1) is 0 Å². The molecule has 0 aliphatic carbocycles. The molecule has 2 fully saturated rings. The topological polar surface area (TPSA) is 58.2 Å². The first-order chi connectivity index (χ1) is 6.16. The monoisotopic (exact) mass is 204 g/mol. The van der Waals surface area contributed by atoms with Gasteiger partial charge in [-0.2, -0.15) is 0 Å². The maximum atomic E-state index is 11.1. The van der Waals surface area contributed by atoms with E-state index in [1.54, 1.807) is 0 Å². The van der Waals surface area contributed by atoms with Crippen molar-refractivity contribution in [1.29, 1.82) is 0 Å². The highest BCUT2D eigenvalue weighted by Gasteiger charge is 2.28. The van der Waals surface area contributed by atoms with E-state index < -0.39 is 9.84 Å². The average molecular weight is 204 g/mol. The van der Waals surface area contributed by atoms with E-state index in [2.05, 4.69) is 10.6 Å². The number of sulfone groups is 1. The Morgan fingerprint density at radius 2 is 2.15 bits per heavy atom. The first-order valence-corrected chi connectivity index (χ1v) is 6.62. The van der Waals surface area contributed by atoms with E-state index in [4.69, 9.17) is 0 Å². The Bertz CT molecular complexity index is 272. The fourth-order valence-electron chi connectivity index (χ4n) is 1.80. The zero-order valence-electron chi connectivity index (χ0n) is 7.62. The summed E-state index contributed by atoms with van der Waals surface area (Å²) in [6, 6.07) is 0.573. The predicted molar refractivity (Wildman–Crippen MR) is 51.4 cm³/mol. The van der Waals surface area contributed by atoms with Gasteiger partial charge in [0, 0.05) is 19.1 Å². The van der Waals surface area contributed by atoms with E-state index in [-0.39, 0.29) is 0 Å². The summed E-state index contributed by atoms with van der Waals surface area (Å²) in [5, 5.41) is 6.54. The molecule has 2 heterocycles. The molecule has 2 N–H and O–H groups in total. The molecule has 5 heteroatoms. The lowest BCUT2D eigenvalue weighted by molar-refractivity contribution is 0.346. The number of rotatable bonds is 3. The molecule has 2 saturated heterocycles. The van der Waals surface area contributed by atoms with Crippen molar-refractivity contribution in [2.24, 2.45) is 5.92 Å². The first-order valence-electron chi connectivity index (χ1n) is 4.80. The number of hydrogen-bond acceptors (Lipinski definition) is 4. The van der Waals surface area contributed by atoms with Gasteiger partial charge < -0.3 is 10.6 Å². The lowest BCUT2D eigenvalue weighted by Gasteiger charge is -2.29. The van der Waals surface area contributed by atoms with E-state index >= 15 is 0 Å². The lowest BCUT2D eigenvalue weighted by Crippen LogP contribution is -2.56. The standard InChI is InChI=1S/C8H16N2O2S/c11-13(12)2-1-7(6-13)3-10-8-4-9-5-8/h7-10H,1-6H2. The maximum Gasteiger partial charge on any atom is 0.150 e. The highest BCUT2D eigenvalue weighted by atomic mass is 32.2. The maximum absolute atomic E-state index is 11.1. The summed E-state index contributed by atoms with van der Waals surface area (Å²) in [6.07, 6.45) is 0.843. The van der Waals surface area contributed by atoms with E-state index in [9.17, 15) is 8.42 Å². The van der Waals surface area contributed by atoms with Gasteiger partial charge in [0.1, 0.15) is 0 Å². The van der Waals surface area contributed by atoms with Crippen molar-refractivity contribution < 1.29 is 8.42 Å². The summed E-state index contributed by atoms with van der Waals surface area (Å²) in [7, 11) is -2.69. The summed E-state index contributed by atoms with van der Waals surface area (Å²) in [6.45, 7) is 2.92. The van der Waals surface area contributed by atoms with Gasteiger partial charge in [-0.1, -0.05) is 0 Å². The Morgan fingerprint density at radius 3 is 2.62 bits per heavy atom. The highest BCUT2D eigenvalue weighted by molar-refractivity contribution is 7.91. The third kappa shape index (κ3) is 2.42. The molecule has 4 nitrogen and oxygen atoms in total. The quantitative estimate of drug-likeness (QED) is 0.618. The molecule has 0 saturated carbocycles. The van der Waals surface area contributed by atoms with Gasteiger partial charge in [0.15, 0.2) is 9.84 Å². The van der Waals surface area contributed by atoms with Crippen LogP contribution in [0.2, 0.25) is 0 Å². The molecule has 2 aliphatic heterocycles. The summed E-state index contributed by atoms with van der Waals surface area (Å²) in [5.74, 6) is 1.13. The predicted octanol–water partition coefficient (Wildman–Crippen LogP) is -1.02. The minimum absolute atomic E-state index is 0.352. The van der Waals surface area contributed by atoms with Crippen molar-refractivity contribution in [3.05, 3.63) is 0 Å². The van der Waals surface area contributed by atoms with Gasteiger partial charge in [0.2, 0.25) is 0 Å². The van der Waals surface area contributed by atoms with Crippen LogP contribution in [0, 0.1) is 5.92 Å². The van der Waals surface area contributed by atoms with Crippen molar-refractivity contribution in [2.45, 2.75) is 12.5 Å². The molecule has 0 bridgehead atoms. The van der Waals surface area contributed by atoms with Crippen molar-refractivity contribution in [2.75, 3.05) is 31.1 Å². The van der Waals surface area contributed by atoms with Gasteiger partial charge in [-0.25, -0.2) is 8.42 Å². The highest BCUT2D eigenvalue weighted by Crippen LogP contribution is 2.17. The summed E-state index contributed by atoms with van der Waals surface area (Å²) >= 11 is 0. The normalized spacial score (nSPS) is 33.1. The van der Waals surface area contributed by atoms with Crippen molar-refractivity contribution in [3.63, 3.8) is 0 Å². The average Bonchev–Trinajstić information content (AvgIpc) is 2.27. The molecule has 13 heavy (non-hydrogen) atoms. The zero-order chi connectivity index (χ0) is 9.31. The molecule has 1 unspecified atom stereocenters. The molecule has 76 valence electrons. The molecule has 2 rings (SSSR count). The van der Waals surface area contributed by atoms with Crippen LogP contribution in [0.1, 0.15) is 6.42 Å². The van der Waals surface area contributed by atoms with Gasteiger partial charge in [0.25, 0.3) is 0 Å². The second-order valence-electron chi connectivity index (χ2n) is 4.03. The van der Waals surface area contributed by atoms with Crippen molar-refractivity contribution >= 4 is 9.84 Å². The minimum Gasteiger partial charge on any atom is -0.314 e. The van der Waals surface area contributed by atoms with Crippen LogP contribution in [0.4, 0.5) is 0 Å². The summed E-state index contributed by atoms with van der Waals surface area (Å²) in [5.41, 5.74) is 0. The van der Waals surface area contributed by atoms with Gasteiger partial charge in [-0.05, 0) is 18.9 Å². The van der Waals surface area contributed by atoms with E-state index in [1.807, 2.05) is 0 Å². The molecule has 2 aliphatic rings. The molecule has 1 atom stereocenters. The summed E-state index contributed by atoms with van der Waals surface area (Å²) in [4.78, 5) is 0. The zero-order valence-corrected chi connectivity index (χ0v) is 8.44. The molecule has 0 spiro atoms. The van der Waals surface area contributed by atoms with Crippen LogP contribution in [0.25, 0.3) is 0 Å². The number of nitrogens with one attached hydrogen (secondary N) is 2. The Labute approximate surface area is 79.0 Å². The first kappa shape index (κ1) is 9.43. The summed E-state index contributed by atoms with van der Waals surface area (Å²) < 4.78 is 22.3. The van der Waals surface area contributed by atoms with E-state index in [0.717, 1.165) is 26.1 Å². The molecule has 0 amide bonds. The van der Waals surface area contributed by atoms with Crippen molar-refractivity contribution in [3.8, 4) is 0 Å². The minimum atomic E-state index is -2.69. The Hall–Kier alpha value is -0.130. The SMILES string of the molecule is O=S1(=O)CCC(CNC2CNC2)C1. The largest absolute Gasteiger partial charge is 0.314 e. The number of hydrogen-bond donors (Lipinski definition) is 2. The molecule has 0 aromatic heterocycles. The smallest absolute Gasteiger partial charge is 0.150 e. The molecule has 0 aromatic rings. The molecular formula is C8H16N2O2S. The van der Waals surface area contributed by atoms with E-state index in [0.29, 0.717) is 23.5 Å². The second kappa shape index (κ2) is 3.55. The Morgan fingerprint density at radius 1 is 1.38 bits per heavy atom. The van der Waals surface area contributed by atoms with Crippen LogP contribution < -0.4 is 10.6 Å². The Kier molecular flexibility index (Phi) is 2.58. The van der Waals surface area contributed by atoms with Gasteiger partial charge >= 0.3 is 0 Å². The third-order valence-electron chi connectivity index (χ3n) is 2.80. The Balaban J connectivity index is 1.71. The van der Waals surface area contributed by atoms with Crippen LogP contribution >= 0.6 is 0 Å². The van der Waals surface area contributed by atoms with Crippen LogP contribution in [0.3, 0.4) is 0 Å². The molecular weight excluding hydrogens is 188 g/mol. The fraction of sp³-hybridized carbons (Fsp3) is 1.00. The van der Waals surface area contributed by atoms with Crippen LogP contribution in [0.5, 0.6) is 0 Å². The van der Waals surface area contributed by atoms with Crippen LogP contribution in [-0.2, 0) is 9.84 Å². The fourth-order valence-corrected chi connectivity index (χ4v) is 3.66. The van der Waals surface area contributed by atoms with Crippen molar-refractivity contribution in [1.82, 2.24) is 10.6 Å². The molecule has 0 radical (unpaired) electrons.